The van der Waals surface area contributed by atoms with Gasteiger partial charge in [0.25, 0.3) is 11.8 Å². The molecule has 5 nitrogen and oxygen atoms in total. The number of amides is 2. The molecule has 1 heterocycles. The third kappa shape index (κ3) is 4.06. The lowest BCUT2D eigenvalue weighted by Crippen LogP contribution is -2.29. The van der Waals surface area contributed by atoms with Gasteiger partial charge < -0.3 is 9.47 Å². The number of carbonyl (C=O) groups is 2. The average molecular weight is 523 g/mol. The lowest BCUT2D eigenvalue weighted by Gasteiger charge is -2.14. The van der Waals surface area contributed by atoms with E-state index < -0.39 is 11.8 Å². The molecule has 0 spiro atoms. The Balaban J connectivity index is 1.61. The van der Waals surface area contributed by atoms with Crippen LogP contribution in [-0.4, -0.2) is 26.0 Å². The van der Waals surface area contributed by atoms with Gasteiger partial charge in [-0.15, -0.1) is 0 Å². The number of methoxy groups -OCH3 is 2. The highest BCUT2D eigenvalue weighted by Gasteiger charge is 2.42. The van der Waals surface area contributed by atoms with E-state index in [0.29, 0.717) is 17.2 Å². The highest BCUT2D eigenvalue weighted by Crippen LogP contribution is 2.45. The molecule has 3 aromatic carbocycles. The summed E-state index contributed by atoms with van der Waals surface area (Å²) >= 11 is 24.5. The molecule has 2 amide bonds. The summed E-state index contributed by atoms with van der Waals surface area (Å²) in [6.07, 6.45) is 3.79. The molecule has 0 atom stereocenters. The van der Waals surface area contributed by atoms with Crippen molar-refractivity contribution in [2.45, 2.75) is 0 Å². The summed E-state index contributed by atoms with van der Waals surface area (Å²) in [6, 6.07) is 12.4. The minimum Gasteiger partial charge on any atom is -0.493 e. The maximum absolute atomic E-state index is 13.0. The van der Waals surface area contributed by atoms with E-state index in [1.807, 2.05) is 30.4 Å². The van der Waals surface area contributed by atoms with Crippen LogP contribution in [0.5, 0.6) is 11.5 Å². The molecule has 0 radical (unpaired) electrons. The van der Waals surface area contributed by atoms with Crippen LogP contribution in [0.2, 0.25) is 20.1 Å². The number of benzene rings is 3. The monoisotopic (exact) mass is 521 g/mol. The van der Waals surface area contributed by atoms with Crippen LogP contribution < -0.4 is 14.4 Å². The predicted molar refractivity (Wildman–Crippen MR) is 133 cm³/mol. The second kappa shape index (κ2) is 9.27. The van der Waals surface area contributed by atoms with Crippen LogP contribution in [0, 0.1) is 0 Å². The molecule has 0 N–H and O–H groups in total. The van der Waals surface area contributed by atoms with Gasteiger partial charge in [-0.25, -0.2) is 4.90 Å². The Labute approximate surface area is 210 Å². The van der Waals surface area contributed by atoms with Gasteiger partial charge >= 0.3 is 0 Å². The highest BCUT2D eigenvalue weighted by atomic mass is 35.5. The van der Waals surface area contributed by atoms with Crippen molar-refractivity contribution in [3.63, 3.8) is 0 Å². The Bertz CT molecular complexity index is 1270. The Kier molecular flexibility index (Phi) is 6.59. The maximum Gasteiger partial charge on any atom is 0.267 e. The number of imide groups is 1. The first kappa shape index (κ1) is 23.5. The molecule has 168 valence electrons. The maximum atomic E-state index is 13.0. The second-order valence-corrected chi connectivity index (χ2v) is 8.50. The normalized spacial score (nSPS) is 13.1. The van der Waals surface area contributed by atoms with Crippen LogP contribution in [0.3, 0.4) is 0 Å². The Morgan fingerprint density at radius 1 is 0.667 bits per heavy atom. The topological polar surface area (TPSA) is 55.8 Å². The van der Waals surface area contributed by atoms with E-state index in [1.54, 1.807) is 38.5 Å². The average Bonchev–Trinajstić information content (AvgIpc) is 3.10. The first-order chi connectivity index (χ1) is 15.8. The van der Waals surface area contributed by atoms with Crippen LogP contribution in [-0.2, 0) is 0 Å². The van der Waals surface area contributed by atoms with Crippen molar-refractivity contribution in [1.29, 1.82) is 0 Å². The quantitative estimate of drug-likeness (QED) is 0.153. The van der Waals surface area contributed by atoms with Crippen molar-refractivity contribution in [2.75, 3.05) is 19.1 Å². The lowest BCUT2D eigenvalue weighted by atomic mass is 10.1. The van der Waals surface area contributed by atoms with E-state index >= 15 is 0 Å². The van der Waals surface area contributed by atoms with E-state index in [-0.39, 0.29) is 31.2 Å². The zero-order valence-corrected chi connectivity index (χ0v) is 20.3. The molecule has 0 saturated heterocycles. The summed E-state index contributed by atoms with van der Waals surface area (Å²) < 4.78 is 10.6. The Morgan fingerprint density at radius 3 is 1.67 bits per heavy atom. The van der Waals surface area contributed by atoms with Crippen molar-refractivity contribution in [3.05, 3.63) is 84.8 Å². The molecule has 0 fully saturated rings. The summed E-state index contributed by atoms with van der Waals surface area (Å²) in [5.74, 6) is 0.0315. The number of anilines is 1. The van der Waals surface area contributed by atoms with Gasteiger partial charge in [-0.05, 0) is 35.4 Å². The SMILES string of the molecule is COc1ccc(/C=C/c2ccc(N3C(=O)c4c(Cl)c(Cl)c(Cl)c(Cl)c4C3=O)cc2)cc1OC. The number of halogens is 4. The summed E-state index contributed by atoms with van der Waals surface area (Å²) in [4.78, 5) is 27.0. The molecule has 1 aliphatic rings. The van der Waals surface area contributed by atoms with Crippen molar-refractivity contribution >= 4 is 76.1 Å². The minimum absolute atomic E-state index is 0.0570. The molecule has 0 aliphatic carbocycles. The van der Waals surface area contributed by atoms with Gasteiger partial charge in [0.15, 0.2) is 11.5 Å². The number of fused-ring (bicyclic) bond motifs is 1. The summed E-state index contributed by atoms with van der Waals surface area (Å²) in [6.45, 7) is 0. The zero-order chi connectivity index (χ0) is 23.9. The molecule has 0 aromatic heterocycles. The zero-order valence-electron chi connectivity index (χ0n) is 17.3. The molecule has 3 aromatic rings. The second-order valence-electron chi connectivity index (χ2n) is 6.99. The van der Waals surface area contributed by atoms with Gasteiger partial charge in [0.05, 0.1) is 51.1 Å². The van der Waals surface area contributed by atoms with Crippen LogP contribution in [0.4, 0.5) is 5.69 Å². The summed E-state index contributed by atoms with van der Waals surface area (Å²) in [7, 11) is 3.15. The fraction of sp³-hybridized carbons (Fsp3) is 0.0833. The van der Waals surface area contributed by atoms with Crippen LogP contribution in [0.1, 0.15) is 31.8 Å². The predicted octanol–water partition coefficient (Wildman–Crippen LogP) is 7.29. The van der Waals surface area contributed by atoms with Crippen molar-refractivity contribution < 1.29 is 19.1 Å². The van der Waals surface area contributed by atoms with Crippen molar-refractivity contribution in [3.8, 4) is 11.5 Å². The molecule has 0 unspecified atom stereocenters. The van der Waals surface area contributed by atoms with Crippen LogP contribution in [0.15, 0.2) is 42.5 Å². The third-order valence-electron chi connectivity index (χ3n) is 5.13. The molecule has 33 heavy (non-hydrogen) atoms. The van der Waals surface area contributed by atoms with Gasteiger partial charge in [0.1, 0.15) is 0 Å². The minimum atomic E-state index is -0.617. The molecular formula is C24H15Cl4NO4. The van der Waals surface area contributed by atoms with Crippen LogP contribution >= 0.6 is 46.4 Å². The molecule has 9 heteroatoms. The van der Waals surface area contributed by atoms with E-state index in [0.717, 1.165) is 16.0 Å². The number of hydrogen-bond acceptors (Lipinski definition) is 4. The van der Waals surface area contributed by atoms with Gasteiger partial charge in [-0.2, -0.15) is 0 Å². The highest BCUT2D eigenvalue weighted by molar-refractivity contribution is 6.56. The van der Waals surface area contributed by atoms with Gasteiger partial charge in [-0.1, -0.05) is 76.8 Å². The molecule has 1 aliphatic heterocycles. The van der Waals surface area contributed by atoms with Crippen molar-refractivity contribution in [2.24, 2.45) is 0 Å². The number of nitrogens with zero attached hydrogens (tertiary/aromatic N) is 1. The summed E-state index contributed by atoms with van der Waals surface area (Å²) in [5.41, 5.74) is 2.02. The fourth-order valence-corrected chi connectivity index (χ4v) is 4.48. The fourth-order valence-electron chi connectivity index (χ4n) is 3.47. The summed E-state index contributed by atoms with van der Waals surface area (Å²) in [5, 5.41) is -0.339. The van der Waals surface area contributed by atoms with Crippen LogP contribution in [0.25, 0.3) is 12.2 Å². The lowest BCUT2D eigenvalue weighted by molar-refractivity contribution is 0.0926. The van der Waals surface area contributed by atoms with E-state index in [9.17, 15) is 9.59 Å². The first-order valence-corrected chi connectivity index (χ1v) is 11.0. The largest absolute Gasteiger partial charge is 0.493 e. The Hall–Kier alpha value is -2.70. The van der Waals surface area contributed by atoms with Gasteiger partial charge in [0, 0.05) is 0 Å². The first-order valence-electron chi connectivity index (χ1n) is 9.53. The number of ether oxygens (including phenoxy) is 2. The molecule has 4 rings (SSSR count). The van der Waals surface area contributed by atoms with Crippen molar-refractivity contribution in [1.82, 2.24) is 0 Å². The Morgan fingerprint density at radius 2 is 1.15 bits per heavy atom. The van der Waals surface area contributed by atoms with E-state index in [2.05, 4.69) is 0 Å². The number of rotatable bonds is 5. The van der Waals surface area contributed by atoms with E-state index in [4.69, 9.17) is 55.9 Å². The molecular weight excluding hydrogens is 508 g/mol. The molecule has 0 bridgehead atoms. The number of carbonyl (C=O) groups excluding carboxylic acids is 2. The third-order valence-corrected chi connectivity index (χ3v) is 6.93. The standard InChI is InChI=1S/C24H15Cl4NO4/c1-32-15-10-7-13(11-16(15)33-2)4-3-12-5-8-14(9-6-12)29-23(30)17-18(24(29)31)20(26)22(28)21(27)19(17)25/h3-11H,1-2H3/b4-3+. The van der Waals surface area contributed by atoms with Gasteiger partial charge in [-0.3, -0.25) is 9.59 Å². The number of hydrogen-bond donors (Lipinski definition) is 0. The van der Waals surface area contributed by atoms with E-state index in [1.165, 1.54) is 0 Å². The molecule has 0 saturated carbocycles. The smallest absolute Gasteiger partial charge is 0.267 e. The van der Waals surface area contributed by atoms with Gasteiger partial charge in [0.2, 0.25) is 0 Å².